The second-order valence-corrected chi connectivity index (χ2v) is 5.31. The highest BCUT2D eigenvalue weighted by Crippen LogP contribution is 2.29. The van der Waals surface area contributed by atoms with Crippen molar-refractivity contribution in [2.45, 2.75) is 9.79 Å². The number of fused-ring (bicyclic) bond motifs is 1. The maximum absolute atomic E-state index is 11.2. The van der Waals surface area contributed by atoms with Crippen LogP contribution >= 0.6 is 11.8 Å². The lowest BCUT2D eigenvalue weighted by atomic mass is 10.3. The minimum absolute atomic E-state index is 0.364. The highest BCUT2D eigenvalue weighted by Gasteiger charge is 2.07. The highest BCUT2D eigenvalue weighted by atomic mass is 32.2. The fraction of sp³-hybridized carbons (Fsp3) is 0.0714. The van der Waals surface area contributed by atoms with E-state index in [1.165, 1.54) is 7.11 Å². The van der Waals surface area contributed by atoms with Gasteiger partial charge in [-0.1, -0.05) is 11.8 Å². The standard InChI is InChI=1S/C14H12N4O2S/c1-20-14(19)18-13-16-11-3-2-10(8-12(11)17-13)21-9-4-6-15-7-5-9/h2-8H,1H3,(H2,16,17,18,19). The predicted octanol–water partition coefficient (Wildman–Crippen LogP) is 3.29. The molecule has 21 heavy (non-hydrogen) atoms. The molecule has 0 saturated heterocycles. The van der Waals surface area contributed by atoms with Crippen molar-refractivity contribution in [2.75, 3.05) is 12.4 Å². The zero-order valence-corrected chi connectivity index (χ0v) is 12.0. The molecule has 0 radical (unpaired) electrons. The van der Waals surface area contributed by atoms with Crippen LogP contribution in [0.2, 0.25) is 0 Å². The lowest BCUT2D eigenvalue weighted by Gasteiger charge is -2.00. The number of methoxy groups -OCH3 is 1. The summed E-state index contributed by atoms with van der Waals surface area (Å²) < 4.78 is 4.53. The molecule has 2 heterocycles. The molecule has 3 aromatic rings. The van der Waals surface area contributed by atoms with E-state index in [-0.39, 0.29) is 0 Å². The summed E-state index contributed by atoms with van der Waals surface area (Å²) in [6, 6.07) is 9.77. The molecule has 106 valence electrons. The van der Waals surface area contributed by atoms with Crippen molar-refractivity contribution in [3.63, 3.8) is 0 Å². The molecular weight excluding hydrogens is 288 g/mol. The molecule has 0 spiro atoms. The molecule has 0 unspecified atom stereocenters. The van der Waals surface area contributed by atoms with Gasteiger partial charge in [-0.2, -0.15) is 0 Å². The number of aromatic amines is 1. The summed E-state index contributed by atoms with van der Waals surface area (Å²) in [6.45, 7) is 0. The molecule has 3 rings (SSSR count). The summed E-state index contributed by atoms with van der Waals surface area (Å²) in [6.07, 6.45) is 2.96. The third kappa shape index (κ3) is 3.14. The molecule has 6 nitrogen and oxygen atoms in total. The first kappa shape index (κ1) is 13.4. The Morgan fingerprint density at radius 3 is 2.81 bits per heavy atom. The Morgan fingerprint density at radius 2 is 2.05 bits per heavy atom. The van der Waals surface area contributed by atoms with Gasteiger partial charge in [-0.25, -0.2) is 9.78 Å². The Morgan fingerprint density at radius 1 is 1.24 bits per heavy atom. The van der Waals surface area contributed by atoms with Gasteiger partial charge in [0, 0.05) is 22.2 Å². The van der Waals surface area contributed by atoms with Crippen LogP contribution in [-0.4, -0.2) is 28.2 Å². The maximum Gasteiger partial charge on any atom is 0.413 e. The zero-order valence-electron chi connectivity index (χ0n) is 11.2. The zero-order chi connectivity index (χ0) is 14.7. The normalized spacial score (nSPS) is 10.5. The van der Waals surface area contributed by atoms with E-state index in [9.17, 15) is 4.79 Å². The molecule has 0 saturated carbocycles. The van der Waals surface area contributed by atoms with E-state index in [1.807, 2.05) is 30.3 Å². The van der Waals surface area contributed by atoms with Gasteiger partial charge in [-0.3, -0.25) is 10.3 Å². The number of imidazole rings is 1. The summed E-state index contributed by atoms with van der Waals surface area (Å²) in [5.74, 6) is 0.364. The van der Waals surface area contributed by atoms with Crippen LogP contribution in [0.15, 0.2) is 52.5 Å². The number of carbonyl (C=O) groups is 1. The van der Waals surface area contributed by atoms with Crippen LogP contribution in [0.25, 0.3) is 11.0 Å². The second-order valence-electron chi connectivity index (χ2n) is 4.17. The van der Waals surface area contributed by atoms with Crippen molar-refractivity contribution in [1.82, 2.24) is 15.0 Å². The number of nitrogens with one attached hydrogen (secondary N) is 2. The number of carbonyl (C=O) groups excluding carboxylic acids is 1. The third-order valence-electron chi connectivity index (χ3n) is 2.75. The van der Waals surface area contributed by atoms with Crippen LogP contribution in [0.4, 0.5) is 10.7 Å². The minimum atomic E-state index is -0.555. The van der Waals surface area contributed by atoms with Gasteiger partial charge >= 0.3 is 6.09 Å². The van der Waals surface area contributed by atoms with Crippen LogP contribution in [0.1, 0.15) is 0 Å². The highest BCUT2D eigenvalue weighted by molar-refractivity contribution is 7.99. The number of hydrogen-bond donors (Lipinski definition) is 2. The number of amides is 1. The van der Waals surface area contributed by atoms with E-state index in [4.69, 9.17) is 0 Å². The Hall–Kier alpha value is -2.54. The number of H-pyrrole nitrogens is 1. The van der Waals surface area contributed by atoms with E-state index in [0.29, 0.717) is 5.95 Å². The predicted molar refractivity (Wildman–Crippen MR) is 80.5 cm³/mol. The van der Waals surface area contributed by atoms with Crippen LogP contribution in [0.3, 0.4) is 0 Å². The first-order valence-corrected chi connectivity index (χ1v) is 6.99. The van der Waals surface area contributed by atoms with Crippen LogP contribution in [-0.2, 0) is 4.74 Å². The molecule has 2 aromatic heterocycles. The van der Waals surface area contributed by atoms with Gasteiger partial charge in [-0.05, 0) is 30.3 Å². The van der Waals surface area contributed by atoms with Crippen molar-refractivity contribution in [2.24, 2.45) is 0 Å². The number of nitrogens with zero attached hydrogens (tertiary/aromatic N) is 2. The Kier molecular flexibility index (Phi) is 3.74. The average Bonchev–Trinajstić information content (AvgIpc) is 2.89. The Balaban J connectivity index is 1.84. The molecule has 1 amide bonds. The summed E-state index contributed by atoms with van der Waals surface area (Å²) in [5, 5.41) is 2.51. The monoisotopic (exact) mass is 300 g/mol. The maximum atomic E-state index is 11.2. The first-order chi connectivity index (χ1) is 10.2. The Bertz CT molecular complexity index is 773. The smallest absolute Gasteiger partial charge is 0.413 e. The van der Waals surface area contributed by atoms with Crippen molar-refractivity contribution in [3.8, 4) is 0 Å². The van der Waals surface area contributed by atoms with E-state index >= 15 is 0 Å². The second kappa shape index (κ2) is 5.84. The molecule has 2 N–H and O–H groups in total. The van der Waals surface area contributed by atoms with Gasteiger partial charge < -0.3 is 9.72 Å². The molecule has 0 atom stereocenters. The van der Waals surface area contributed by atoms with Crippen LogP contribution in [0.5, 0.6) is 0 Å². The minimum Gasteiger partial charge on any atom is -0.453 e. The number of pyridine rings is 1. The quantitative estimate of drug-likeness (QED) is 0.776. The van der Waals surface area contributed by atoms with Gasteiger partial charge in [0.25, 0.3) is 0 Å². The number of rotatable bonds is 3. The van der Waals surface area contributed by atoms with Crippen molar-refractivity contribution in [1.29, 1.82) is 0 Å². The van der Waals surface area contributed by atoms with Gasteiger partial charge in [0.1, 0.15) is 0 Å². The van der Waals surface area contributed by atoms with Crippen LogP contribution in [0, 0.1) is 0 Å². The van der Waals surface area contributed by atoms with Crippen molar-refractivity contribution >= 4 is 34.8 Å². The summed E-state index contributed by atoms with van der Waals surface area (Å²) >= 11 is 1.62. The SMILES string of the molecule is COC(=O)Nc1nc2cc(Sc3ccncc3)ccc2[nH]1. The molecule has 0 fully saturated rings. The van der Waals surface area contributed by atoms with E-state index in [0.717, 1.165) is 20.8 Å². The van der Waals surface area contributed by atoms with Gasteiger partial charge in [0.15, 0.2) is 0 Å². The Labute approximate surface area is 124 Å². The summed E-state index contributed by atoms with van der Waals surface area (Å²) in [4.78, 5) is 24.6. The number of aromatic nitrogens is 3. The van der Waals surface area contributed by atoms with Gasteiger partial charge in [-0.15, -0.1) is 0 Å². The number of hydrogen-bond acceptors (Lipinski definition) is 5. The first-order valence-electron chi connectivity index (χ1n) is 6.17. The largest absolute Gasteiger partial charge is 0.453 e. The molecule has 0 aliphatic rings. The number of benzene rings is 1. The molecular formula is C14H12N4O2S. The van der Waals surface area contributed by atoms with Gasteiger partial charge in [0.05, 0.1) is 18.1 Å². The fourth-order valence-corrected chi connectivity index (χ4v) is 2.63. The third-order valence-corrected chi connectivity index (χ3v) is 3.74. The van der Waals surface area contributed by atoms with E-state index in [2.05, 4.69) is 25.0 Å². The van der Waals surface area contributed by atoms with E-state index in [1.54, 1.807) is 24.2 Å². The number of anilines is 1. The molecule has 7 heteroatoms. The topological polar surface area (TPSA) is 79.9 Å². The molecule has 0 aliphatic carbocycles. The molecule has 0 aliphatic heterocycles. The summed E-state index contributed by atoms with van der Waals surface area (Å²) in [5.41, 5.74) is 1.63. The number of ether oxygens (including phenoxy) is 1. The van der Waals surface area contributed by atoms with Crippen molar-refractivity contribution < 1.29 is 9.53 Å². The van der Waals surface area contributed by atoms with Crippen LogP contribution < -0.4 is 5.32 Å². The summed E-state index contributed by atoms with van der Waals surface area (Å²) in [7, 11) is 1.31. The molecule has 1 aromatic carbocycles. The van der Waals surface area contributed by atoms with E-state index < -0.39 is 6.09 Å². The average molecular weight is 300 g/mol. The molecule has 0 bridgehead atoms. The van der Waals surface area contributed by atoms with Gasteiger partial charge in [0.2, 0.25) is 5.95 Å². The lowest BCUT2D eigenvalue weighted by Crippen LogP contribution is -2.11. The lowest BCUT2D eigenvalue weighted by molar-refractivity contribution is 0.186. The fourth-order valence-electron chi connectivity index (χ4n) is 1.80. The van der Waals surface area contributed by atoms with Crippen molar-refractivity contribution in [3.05, 3.63) is 42.7 Å².